The Morgan fingerprint density at radius 2 is 1.96 bits per heavy atom. The minimum Gasteiger partial charge on any atom is -0.386 e. The van der Waals surface area contributed by atoms with E-state index in [4.69, 9.17) is 15.2 Å². The molecule has 1 saturated carbocycles. The molecule has 3 aliphatic rings. The van der Waals surface area contributed by atoms with Crippen molar-refractivity contribution in [2.45, 2.75) is 31.8 Å². The zero-order chi connectivity index (χ0) is 16.5. The average Bonchev–Trinajstić information content (AvgIpc) is 2.92. The van der Waals surface area contributed by atoms with E-state index in [0.717, 1.165) is 11.1 Å². The number of benzene rings is 1. The maximum Gasteiger partial charge on any atom is 0.293 e. The number of fused-ring (bicyclic) bond motifs is 2. The molecular formula is C17H16N4O2. The molecule has 116 valence electrons. The van der Waals surface area contributed by atoms with Crippen LogP contribution >= 0.6 is 0 Å². The van der Waals surface area contributed by atoms with Gasteiger partial charge in [0.1, 0.15) is 11.3 Å². The molecule has 1 aliphatic carbocycles. The lowest BCUT2D eigenvalue weighted by atomic mass is 9.93. The van der Waals surface area contributed by atoms with Gasteiger partial charge in [0, 0.05) is 5.92 Å². The molecule has 23 heavy (non-hydrogen) atoms. The van der Waals surface area contributed by atoms with Gasteiger partial charge in [0.2, 0.25) is 0 Å². The molecular weight excluding hydrogens is 292 g/mol. The summed E-state index contributed by atoms with van der Waals surface area (Å²) in [6.07, 6.45) is -0.203. The molecule has 2 fully saturated rings. The smallest absolute Gasteiger partial charge is 0.293 e. The summed E-state index contributed by atoms with van der Waals surface area (Å²) in [6.45, 7) is 4.16. The van der Waals surface area contributed by atoms with Gasteiger partial charge in [-0.1, -0.05) is 29.8 Å². The van der Waals surface area contributed by atoms with Gasteiger partial charge in [-0.2, -0.15) is 10.5 Å². The summed E-state index contributed by atoms with van der Waals surface area (Å²) in [5.41, 5.74) is 5.65. The van der Waals surface area contributed by atoms with Crippen LogP contribution in [0.25, 0.3) is 0 Å². The number of nitrogens with zero attached hydrogens (tertiary/aromatic N) is 3. The Morgan fingerprint density at radius 3 is 2.48 bits per heavy atom. The summed E-state index contributed by atoms with van der Waals surface area (Å²) in [5.74, 6) is -1.76. The number of aliphatic imine (C=N–C) groups is 1. The molecule has 0 bridgehead atoms. The Morgan fingerprint density at radius 1 is 1.26 bits per heavy atom. The highest BCUT2D eigenvalue weighted by Gasteiger charge is 2.94. The Labute approximate surface area is 134 Å². The molecule has 6 heteroatoms. The van der Waals surface area contributed by atoms with Crippen LogP contribution in [0, 0.1) is 40.4 Å². The highest BCUT2D eigenvalue weighted by atomic mass is 16.8. The SMILES string of the molecule is Cc1ccc(C2C3(C#N)C(N)=NC4(OCC(C)O4)C23C#N)cc1. The third-order valence-electron chi connectivity index (χ3n) is 5.21. The molecule has 4 rings (SSSR count). The van der Waals surface area contributed by atoms with Crippen LogP contribution in [0.3, 0.4) is 0 Å². The first-order valence-corrected chi connectivity index (χ1v) is 7.54. The Kier molecular flexibility index (Phi) is 2.54. The van der Waals surface area contributed by atoms with Crippen molar-refractivity contribution in [3.63, 3.8) is 0 Å². The van der Waals surface area contributed by atoms with Crippen molar-refractivity contribution in [3.05, 3.63) is 35.4 Å². The summed E-state index contributed by atoms with van der Waals surface area (Å²) in [4.78, 5) is 4.28. The van der Waals surface area contributed by atoms with Gasteiger partial charge in [-0.05, 0) is 19.4 Å². The van der Waals surface area contributed by atoms with Crippen LogP contribution in [0.4, 0.5) is 0 Å². The van der Waals surface area contributed by atoms with Gasteiger partial charge in [0.05, 0.1) is 24.8 Å². The van der Waals surface area contributed by atoms with Crippen LogP contribution in [0.2, 0.25) is 0 Å². The quantitative estimate of drug-likeness (QED) is 0.848. The highest BCUT2D eigenvalue weighted by Crippen LogP contribution is 2.82. The van der Waals surface area contributed by atoms with Gasteiger partial charge >= 0.3 is 0 Å². The largest absolute Gasteiger partial charge is 0.386 e. The van der Waals surface area contributed by atoms with E-state index in [9.17, 15) is 10.5 Å². The summed E-state index contributed by atoms with van der Waals surface area (Å²) >= 11 is 0. The van der Waals surface area contributed by atoms with Crippen molar-refractivity contribution in [1.82, 2.24) is 0 Å². The topological polar surface area (TPSA) is 104 Å². The number of nitrogens with two attached hydrogens (primary N) is 1. The molecule has 6 nitrogen and oxygen atoms in total. The second kappa shape index (κ2) is 4.11. The summed E-state index contributed by atoms with van der Waals surface area (Å²) < 4.78 is 11.6. The van der Waals surface area contributed by atoms with E-state index >= 15 is 0 Å². The molecule has 0 radical (unpaired) electrons. The molecule has 5 unspecified atom stereocenters. The lowest BCUT2D eigenvalue weighted by molar-refractivity contribution is -0.193. The zero-order valence-electron chi connectivity index (χ0n) is 12.9. The monoisotopic (exact) mass is 308 g/mol. The van der Waals surface area contributed by atoms with E-state index in [1.54, 1.807) is 0 Å². The van der Waals surface area contributed by atoms with Crippen LogP contribution in [-0.2, 0) is 9.47 Å². The second-order valence-corrected chi connectivity index (χ2v) is 6.50. The van der Waals surface area contributed by atoms with Gasteiger partial charge in [0.15, 0.2) is 5.41 Å². The Hall–Kier alpha value is -2.41. The van der Waals surface area contributed by atoms with Crippen LogP contribution < -0.4 is 5.73 Å². The van der Waals surface area contributed by atoms with Crippen molar-refractivity contribution in [3.8, 4) is 12.1 Å². The fraction of sp³-hybridized carbons (Fsp3) is 0.471. The number of nitriles is 2. The fourth-order valence-corrected chi connectivity index (χ4v) is 4.12. The number of hydrogen-bond donors (Lipinski definition) is 1. The summed E-state index contributed by atoms with van der Waals surface area (Å²) in [6, 6.07) is 12.3. The lowest BCUT2D eigenvalue weighted by Gasteiger charge is -2.26. The van der Waals surface area contributed by atoms with E-state index in [-0.39, 0.29) is 11.9 Å². The summed E-state index contributed by atoms with van der Waals surface area (Å²) in [5, 5.41) is 19.8. The molecule has 1 aromatic carbocycles. The second-order valence-electron chi connectivity index (χ2n) is 6.50. The van der Waals surface area contributed by atoms with Crippen molar-refractivity contribution < 1.29 is 9.47 Å². The average molecular weight is 308 g/mol. The maximum absolute atomic E-state index is 9.99. The van der Waals surface area contributed by atoms with E-state index < -0.39 is 22.7 Å². The molecule has 1 spiro atoms. The van der Waals surface area contributed by atoms with E-state index in [0.29, 0.717) is 6.61 Å². The van der Waals surface area contributed by atoms with Crippen LogP contribution in [-0.4, -0.2) is 24.5 Å². The maximum atomic E-state index is 9.99. The first-order valence-electron chi connectivity index (χ1n) is 7.54. The van der Waals surface area contributed by atoms with Crippen molar-refractivity contribution in [2.24, 2.45) is 21.6 Å². The number of amidine groups is 1. The van der Waals surface area contributed by atoms with Crippen molar-refractivity contribution in [1.29, 1.82) is 10.5 Å². The van der Waals surface area contributed by atoms with Gasteiger partial charge in [0.25, 0.3) is 5.91 Å². The van der Waals surface area contributed by atoms with Gasteiger partial charge in [-0.15, -0.1) is 0 Å². The number of aryl methyl sites for hydroxylation is 1. The van der Waals surface area contributed by atoms with Crippen molar-refractivity contribution >= 4 is 5.84 Å². The van der Waals surface area contributed by atoms with E-state index in [1.165, 1.54) is 0 Å². The minimum absolute atomic E-state index is 0.126. The molecule has 2 heterocycles. The number of hydrogen-bond acceptors (Lipinski definition) is 6. The van der Waals surface area contributed by atoms with Gasteiger partial charge in [-0.3, -0.25) is 0 Å². The molecule has 0 aromatic heterocycles. The number of rotatable bonds is 1. The van der Waals surface area contributed by atoms with E-state index in [1.807, 2.05) is 38.1 Å². The third kappa shape index (κ3) is 1.33. The zero-order valence-corrected chi connectivity index (χ0v) is 12.9. The molecule has 1 aromatic rings. The first-order chi connectivity index (χ1) is 11.0. The highest BCUT2D eigenvalue weighted by molar-refractivity contribution is 6.00. The Balaban J connectivity index is 1.91. The van der Waals surface area contributed by atoms with Crippen LogP contribution in [0.1, 0.15) is 24.0 Å². The fourth-order valence-electron chi connectivity index (χ4n) is 4.12. The lowest BCUT2D eigenvalue weighted by Crippen LogP contribution is -2.39. The van der Waals surface area contributed by atoms with Gasteiger partial charge in [-0.25, -0.2) is 4.99 Å². The van der Waals surface area contributed by atoms with Crippen LogP contribution in [0.15, 0.2) is 29.3 Å². The van der Waals surface area contributed by atoms with Crippen LogP contribution in [0.5, 0.6) is 0 Å². The standard InChI is InChI=1S/C17H16N4O2/c1-10-3-5-12(6-4-10)13-15(8-18)14(20)21-17(16(13,15)9-19)22-7-11(2)23-17/h3-6,11,13H,7H2,1-2H3,(H2,20,21). The summed E-state index contributed by atoms with van der Waals surface area (Å²) in [7, 11) is 0. The predicted molar refractivity (Wildman–Crippen MR) is 80.9 cm³/mol. The van der Waals surface area contributed by atoms with Gasteiger partial charge < -0.3 is 15.2 Å². The molecule has 0 amide bonds. The molecule has 2 N–H and O–H groups in total. The Bertz CT molecular complexity index is 805. The minimum atomic E-state index is -1.48. The number of ether oxygens (including phenoxy) is 2. The van der Waals surface area contributed by atoms with Crippen molar-refractivity contribution in [2.75, 3.05) is 6.61 Å². The normalized spacial score (nSPS) is 43.6. The van der Waals surface area contributed by atoms with E-state index in [2.05, 4.69) is 17.1 Å². The third-order valence-corrected chi connectivity index (χ3v) is 5.21. The molecule has 5 atom stereocenters. The molecule has 1 saturated heterocycles. The molecule has 2 aliphatic heterocycles. The predicted octanol–water partition coefficient (Wildman–Crippen LogP) is 1.57. The first kappa shape index (κ1) is 14.2.